The van der Waals surface area contributed by atoms with Crippen molar-refractivity contribution in [3.05, 3.63) is 65.7 Å². The zero-order valence-corrected chi connectivity index (χ0v) is 17.8. The third kappa shape index (κ3) is 7.87. The molecule has 0 bridgehead atoms. The largest absolute Gasteiger partial charge is 0.484 e. The van der Waals surface area contributed by atoms with Crippen molar-refractivity contribution in [1.29, 1.82) is 0 Å². The molecule has 1 amide bonds. The van der Waals surface area contributed by atoms with Crippen LogP contribution in [0, 0.1) is 0 Å². The van der Waals surface area contributed by atoms with E-state index >= 15 is 0 Å². The highest BCUT2D eigenvalue weighted by Crippen LogP contribution is 2.15. The van der Waals surface area contributed by atoms with Crippen molar-refractivity contribution in [2.75, 3.05) is 19.8 Å². The predicted octanol–water partition coefficient (Wildman–Crippen LogP) is 3.93. The summed E-state index contributed by atoms with van der Waals surface area (Å²) in [6.45, 7) is 5.44. The molecule has 0 unspecified atom stereocenters. The number of rotatable bonds is 13. The average Bonchev–Trinajstić information content (AvgIpc) is 2.76. The number of unbranched alkanes of at least 4 members (excludes halogenated alkanes) is 1. The maximum atomic E-state index is 12.7. The fraction of sp³-hybridized carbons (Fsp3) is 0.417. The number of hydrogen-bond donors (Lipinski definition) is 1. The highest BCUT2D eigenvalue weighted by Gasteiger charge is 2.18. The summed E-state index contributed by atoms with van der Waals surface area (Å²) in [5, 5.41) is 9.19. The lowest BCUT2D eigenvalue weighted by molar-refractivity contribution is -0.150. The van der Waals surface area contributed by atoms with E-state index in [0.717, 1.165) is 24.0 Å². The van der Waals surface area contributed by atoms with E-state index in [1.807, 2.05) is 35.2 Å². The fourth-order valence-electron chi connectivity index (χ4n) is 3.04. The van der Waals surface area contributed by atoms with Crippen LogP contribution in [0.1, 0.15) is 37.8 Å². The van der Waals surface area contributed by atoms with Gasteiger partial charge in [-0.2, -0.15) is 0 Å². The Balaban J connectivity index is 1.91. The van der Waals surface area contributed by atoms with Gasteiger partial charge in [0.05, 0.1) is 0 Å². The number of carboxylic acids is 1. The van der Waals surface area contributed by atoms with Gasteiger partial charge in [-0.1, -0.05) is 55.8 Å². The van der Waals surface area contributed by atoms with E-state index in [4.69, 9.17) is 9.47 Å². The first kappa shape index (κ1) is 23.4. The van der Waals surface area contributed by atoms with Gasteiger partial charge in [0.15, 0.2) is 12.7 Å². The fourth-order valence-corrected chi connectivity index (χ4v) is 3.04. The molecule has 0 fully saturated rings. The van der Waals surface area contributed by atoms with Crippen LogP contribution in [0.4, 0.5) is 0 Å². The summed E-state index contributed by atoms with van der Waals surface area (Å²) in [5.74, 6) is -0.461. The lowest BCUT2D eigenvalue weighted by Gasteiger charge is -2.23. The van der Waals surface area contributed by atoms with Gasteiger partial charge in [0, 0.05) is 26.1 Å². The van der Waals surface area contributed by atoms with E-state index in [1.165, 1.54) is 0 Å². The van der Waals surface area contributed by atoms with Crippen molar-refractivity contribution < 1.29 is 24.2 Å². The maximum absolute atomic E-state index is 12.7. The average molecular weight is 414 g/mol. The highest BCUT2D eigenvalue weighted by atomic mass is 16.5. The van der Waals surface area contributed by atoms with Crippen molar-refractivity contribution in [3.8, 4) is 5.75 Å². The van der Waals surface area contributed by atoms with Gasteiger partial charge in [0.2, 0.25) is 0 Å². The SMILES string of the molecule is CCCCN(Cc1ccccc1)C(=O)COc1ccc(C[C@H](OCC)C(=O)O)cc1. The Morgan fingerprint density at radius 1 is 1.00 bits per heavy atom. The van der Waals surface area contributed by atoms with E-state index in [9.17, 15) is 14.7 Å². The minimum Gasteiger partial charge on any atom is -0.484 e. The Kier molecular flexibility index (Phi) is 9.87. The Labute approximate surface area is 178 Å². The van der Waals surface area contributed by atoms with Crippen LogP contribution in [0.2, 0.25) is 0 Å². The van der Waals surface area contributed by atoms with Crippen LogP contribution in [0.25, 0.3) is 0 Å². The van der Waals surface area contributed by atoms with E-state index < -0.39 is 12.1 Å². The second-order valence-electron chi connectivity index (χ2n) is 7.07. The first-order valence-corrected chi connectivity index (χ1v) is 10.4. The summed E-state index contributed by atoms with van der Waals surface area (Å²) in [6.07, 6.45) is 1.37. The van der Waals surface area contributed by atoms with Crippen molar-refractivity contribution in [3.63, 3.8) is 0 Å². The maximum Gasteiger partial charge on any atom is 0.333 e. The van der Waals surface area contributed by atoms with Gasteiger partial charge in [-0.25, -0.2) is 4.79 Å². The van der Waals surface area contributed by atoms with Crippen molar-refractivity contribution in [1.82, 2.24) is 4.90 Å². The number of amides is 1. The highest BCUT2D eigenvalue weighted by molar-refractivity contribution is 5.77. The quantitative estimate of drug-likeness (QED) is 0.539. The molecule has 30 heavy (non-hydrogen) atoms. The first-order valence-electron chi connectivity index (χ1n) is 10.4. The van der Waals surface area contributed by atoms with Gasteiger partial charge in [-0.3, -0.25) is 4.79 Å². The molecule has 1 atom stereocenters. The summed E-state index contributed by atoms with van der Waals surface area (Å²) in [6, 6.07) is 17.0. The lowest BCUT2D eigenvalue weighted by atomic mass is 10.1. The van der Waals surface area contributed by atoms with Gasteiger partial charge in [-0.05, 0) is 36.6 Å². The van der Waals surface area contributed by atoms with Crippen molar-refractivity contribution in [2.24, 2.45) is 0 Å². The van der Waals surface area contributed by atoms with Gasteiger partial charge < -0.3 is 19.5 Å². The summed E-state index contributed by atoms with van der Waals surface area (Å²) >= 11 is 0. The van der Waals surface area contributed by atoms with Crippen LogP contribution in [0.5, 0.6) is 5.75 Å². The molecule has 0 saturated carbocycles. The normalized spacial score (nSPS) is 11.7. The number of carboxylic acid groups (broad SMARTS) is 1. The molecule has 0 aromatic heterocycles. The number of carbonyl (C=O) groups is 2. The number of carbonyl (C=O) groups excluding carboxylic acids is 1. The zero-order chi connectivity index (χ0) is 21.8. The monoisotopic (exact) mass is 413 g/mol. The molecule has 2 aromatic rings. The lowest BCUT2D eigenvalue weighted by Crippen LogP contribution is -2.35. The molecular formula is C24H31NO5. The Morgan fingerprint density at radius 3 is 2.30 bits per heavy atom. The zero-order valence-electron chi connectivity index (χ0n) is 17.8. The molecule has 0 aliphatic heterocycles. The number of hydrogen-bond acceptors (Lipinski definition) is 4. The number of aliphatic carboxylic acids is 1. The molecule has 1 N–H and O–H groups in total. The summed E-state index contributed by atoms with van der Waals surface area (Å²) in [7, 11) is 0. The third-order valence-electron chi connectivity index (χ3n) is 4.70. The molecular weight excluding hydrogens is 382 g/mol. The Hall–Kier alpha value is -2.86. The predicted molar refractivity (Wildman–Crippen MR) is 115 cm³/mol. The molecule has 0 aliphatic carbocycles. The molecule has 0 aliphatic rings. The minimum atomic E-state index is -0.978. The van der Waals surface area contributed by atoms with Gasteiger partial charge in [-0.15, -0.1) is 0 Å². The summed E-state index contributed by atoms with van der Waals surface area (Å²) in [4.78, 5) is 25.7. The number of nitrogens with zero attached hydrogens (tertiary/aromatic N) is 1. The van der Waals surface area contributed by atoms with E-state index in [2.05, 4.69) is 6.92 Å². The summed E-state index contributed by atoms with van der Waals surface area (Å²) < 4.78 is 10.9. The second kappa shape index (κ2) is 12.6. The molecule has 2 rings (SSSR count). The van der Waals surface area contributed by atoms with Crippen LogP contribution < -0.4 is 4.74 Å². The van der Waals surface area contributed by atoms with Gasteiger partial charge in [0.25, 0.3) is 5.91 Å². The van der Waals surface area contributed by atoms with Crippen LogP contribution in [0.3, 0.4) is 0 Å². The Morgan fingerprint density at radius 2 is 1.70 bits per heavy atom. The minimum absolute atomic E-state index is 0.0351. The second-order valence-corrected chi connectivity index (χ2v) is 7.07. The van der Waals surface area contributed by atoms with Crippen LogP contribution in [-0.4, -0.2) is 47.7 Å². The molecule has 0 heterocycles. The third-order valence-corrected chi connectivity index (χ3v) is 4.70. The van der Waals surface area contributed by atoms with Gasteiger partial charge in [0.1, 0.15) is 5.75 Å². The standard InChI is InChI=1S/C24H31NO5/c1-3-5-15-25(17-20-9-7-6-8-10-20)23(26)18-30-21-13-11-19(12-14-21)16-22(24(27)28)29-4-2/h6-14,22H,3-5,15-18H2,1-2H3,(H,27,28)/t22-/m0/s1. The molecule has 0 saturated heterocycles. The molecule has 6 nitrogen and oxygen atoms in total. The molecule has 0 radical (unpaired) electrons. The van der Waals surface area contributed by atoms with Crippen LogP contribution >= 0.6 is 0 Å². The van der Waals surface area contributed by atoms with Gasteiger partial charge >= 0.3 is 5.97 Å². The van der Waals surface area contributed by atoms with Crippen LogP contribution in [0.15, 0.2) is 54.6 Å². The molecule has 6 heteroatoms. The molecule has 162 valence electrons. The number of ether oxygens (including phenoxy) is 2. The van der Waals surface area contributed by atoms with Crippen LogP contribution in [-0.2, 0) is 27.3 Å². The van der Waals surface area contributed by atoms with E-state index in [1.54, 1.807) is 31.2 Å². The first-order chi connectivity index (χ1) is 14.5. The smallest absolute Gasteiger partial charge is 0.333 e. The van der Waals surface area contributed by atoms with E-state index in [-0.39, 0.29) is 18.9 Å². The molecule has 2 aromatic carbocycles. The summed E-state index contributed by atoms with van der Waals surface area (Å²) in [5.41, 5.74) is 1.93. The van der Waals surface area contributed by atoms with E-state index in [0.29, 0.717) is 25.4 Å². The topological polar surface area (TPSA) is 76.1 Å². The molecule has 0 spiro atoms. The number of benzene rings is 2. The van der Waals surface area contributed by atoms with Crippen molar-refractivity contribution >= 4 is 11.9 Å². The Bertz CT molecular complexity index is 776. The van der Waals surface area contributed by atoms with Crippen molar-refractivity contribution in [2.45, 2.75) is 45.8 Å².